The number of rotatable bonds is 7. The van der Waals surface area contributed by atoms with Crippen molar-refractivity contribution < 1.29 is 9.59 Å². The molecule has 2 atom stereocenters. The Hall–Kier alpha value is -4.06. The largest absolute Gasteiger partial charge is 0.272 e. The van der Waals surface area contributed by atoms with E-state index in [1.54, 1.807) is 0 Å². The molecule has 2 heterocycles. The number of carbonyl (C=O) groups excluding carboxylic acids is 2. The third kappa shape index (κ3) is 4.48. The minimum Gasteiger partial charge on any atom is -0.272 e. The average molecular weight is 493 g/mol. The Kier molecular flexibility index (Phi) is 6.74. The van der Waals surface area contributed by atoms with Crippen molar-refractivity contribution in [3.8, 4) is 0 Å². The second-order valence-electron chi connectivity index (χ2n) is 9.75. The molecule has 0 saturated heterocycles. The van der Waals surface area contributed by atoms with Gasteiger partial charge in [0.1, 0.15) is 0 Å². The van der Waals surface area contributed by atoms with Crippen molar-refractivity contribution >= 4 is 34.6 Å². The Bertz CT molecular complexity index is 1270. The second kappa shape index (κ2) is 10.1. The Balaban J connectivity index is 1.59. The maximum Gasteiger partial charge on any atom is 0.256 e. The van der Waals surface area contributed by atoms with Crippen LogP contribution in [-0.2, 0) is 9.59 Å². The van der Waals surface area contributed by atoms with Crippen LogP contribution < -0.4 is 10.0 Å². The van der Waals surface area contributed by atoms with Gasteiger partial charge in [-0.05, 0) is 56.5 Å². The highest BCUT2D eigenvalue weighted by Crippen LogP contribution is 2.43. The van der Waals surface area contributed by atoms with Crippen molar-refractivity contribution in [2.45, 2.75) is 46.5 Å². The first-order chi connectivity index (χ1) is 17.9. The van der Waals surface area contributed by atoms with E-state index in [0.717, 1.165) is 39.5 Å². The molecule has 0 bridgehead atoms. The summed E-state index contributed by atoms with van der Waals surface area (Å²) in [6.45, 7) is 8.07. The molecule has 3 aromatic rings. The molecule has 188 valence electrons. The molecule has 0 spiro atoms. The molecule has 2 aliphatic heterocycles. The quantitative estimate of drug-likeness (QED) is 0.392. The van der Waals surface area contributed by atoms with E-state index in [0.29, 0.717) is 12.8 Å². The summed E-state index contributed by atoms with van der Waals surface area (Å²) < 4.78 is 0. The zero-order valence-electron chi connectivity index (χ0n) is 21.8. The van der Waals surface area contributed by atoms with E-state index in [1.807, 2.05) is 107 Å². The molecule has 0 aromatic heterocycles. The third-order valence-electron chi connectivity index (χ3n) is 7.31. The fourth-order valence-electron chi connectivity index (χ4n) is 5.33. The van der Waals surface area contributed by atoms with Crippen molar-refractivity contribution in [3.05, 3.63) is 95.6 Å². The topological polar surface area (TPSA) is 65.3 Å². The highest BCUT2D eigenvalue weighted by atomic mass is 16.2. The number of hydrogen-bond donors (Lipinski definition) is 0. The van der Waals surface area contributed by atoms with Crippen LogP contribution in [0, 0.1) is 25.7 Å². The number of nitrogens with zero attached hydrogens (tertiary/aromatic N) is 4. The van der Waals surface area contributed by atoms with Crippen LogP contribution in [-0.4, -0.2) is 23.2 Å². The van der Waals surface area contributed by atoms with Crippen molar-refractivity contribution in [2.24, 2.45) is 22.0 Å². The summed E-state index contributed by atoms with van der Waals surface area (Å²) in [6, 6.07) is 25.5. The number of carbonyl (C=O) groups is 2. The molecule has 0 fully saturated rings. The monoisotopic (exact) mass is 492 g/mol. The Labute approximate surface area is 218 Å². The Morgan fingerprint density at radius 3 is 1.43 bits per heavy atom. The first-order valence-corrected chi connectivity index (χ1v) is 12.9. The minimum atomic E-state index is -0.558. The van der Waals surface area contributed by atoms with Crippen LogP contribution in [0.5, 0.6) is 0 Å². The van der Waals surface area contributed by atoms with Crippen molar-refractivity contribution in [3.63, 3.8) is 0 Å². The van der Waals surface area contributed by atoms with Crippen LogP contribution in [0.3, 0.4) is 0 Å². The van der Waals surface area contributed by atoms with E-state index in [1.165, 1.54) is 10.0 Å². The van der Waals surface area contributed by atoms with Gasteiger partial charge in [0, 0.05) is 5.92 Å². The molecule has 2 aliphatic rings. The van der Waals surface area contributed by atoms with Gasteiger partial charge in [0.05, 0.1) is 34.6 Å². The van der Waals surface area contributed by atoms with Gasteiger partial charge in [-0.3, -0.25) is 9.59 Å². The molecule has 2 unspecified atom stereocenters. The normalized spacial score (nSPS) is 20.3. The van der Waals surface area contributed by atoms with Crippen LogP contribution >= 0.6 is 0 Å². The zero-order chi connectivity index (χ0) is 26.1. The predicted octanol–water partition coefficient (Wildman–Crippen LogP) is 6.25. The molecule has 3 aromatic carbocycles. The zero-order valence-corrected chi connectivity index (χ0v) is 21.8. The van der Waals surface area contributed by atoms with E-state index >= 15 is 0 Å². The van der Waals surface area contributed by atoms with Gasteiger partial charge in [-0.1, -0.05) is 79.6 Å². The predicted molar refractivity (Wildman–Crippen MR) is 149 cm³/mol. The molecule has 37 heavy (non-hydrogen) atoms. The highest BCUT2D eigenvalue weighted by molar-refractivity contribution is 6.20. The SMILES string of the molecule is CCC1=NN(c2ccc(C)cc2)C(=O)C1C(c1ccccc1)C1C(=O)N(c2ccc(C)cc2)N=C1CC. The molecule has 0 saturated carbocycles. The van der Waals surface area contributed by atoms with Gasteiger partial charge in [-0.15, -0.1) is 0 Å². The second-order valence-corrected chi connectivity index (χ2v) is 9.75. The standard InChI is InChI=1S/C31H32N4O2/c1-5-25-28(30(36)34(32-25)23-16-12-20(3)13-17-23)27(22-10-8-7-9-11-22)29-26(6-2)33-35(31(29)37)24-18-14-21(4)15-19-24/h7-19,27-29H,5-6H2,1-4H3. The molecular formula is C31H32N4O2. The number of anilines is 2. The Morgan fingerprint density at radius 1 is 0.649 bits per heavy atom. The van der Waals surface area contributed by atoms with Crippen LogP contribution in [0.1, 0.15) is 49.3 Å². The van der Waals surface area contributed by atoms with Gasteiger partial charge in [-0.2, -0.15) is 10.2 Å². The molecule has 0 radical (unpaired) electrons. The fourth-order valence-corrected chi connectivity index (χ4v) is 5.33. The van der Waals surface area contributed by atoms with Crippen LogP contribution in [0.2, 0.25) is 0 Å². The minimum absolute atomic E-state index is 0.105. The summed E-state index contributed by atoms with van der Waals surface area (Å²) in [6.07, 6.45) is 1.23. The van der Waals surface area contributed by atoms with Crippen LogP contribution in [0.25, 0.3) is 0 Å². The van der Waals surface area contributed by atoms with E-state index in [4.69, 9.17) is 10.2 Å². The summed E-state index contributed by atoms with van der Waals surface area (Å²) >= 11 is 0. The van der Waals surface area contributed by atoms with Gasteiger partial charge >= 0.3 is 0 Å². The molecular weight excluding hydrogens is 460 g/mol. The van der Waals surface area contributed by atoms with E-state index in [2.05, 4.69) is 0 Å². The van der Waals surface area contributed by atoms with Gasteiger partial charge in [0.25, 0.3) is 11.8 Å². The first-order valence-electron chi connectivity index (χ1n) is 12.9. The smallest absolute Gasteiger partial charge is 0.256 e. The molecule has 2 amide bonds. The molecule has 6 heteroatoms. The van der Waals surface area contributed by atoms with Crippen molar-refractivity contribution in [2.75, 3.05) is 10.0 Å². The van der Waals surface area contributed by atoms with E-state index in [9.17, 15) is 9.59 Å². The summed E-state index contributed by atoms with van der Waals surface area (Å²) in [5, 5.41) is 12.6. The maximum absolute atomic E-state index is 14.1. The number of aryl methyl sites for hydroxylation is 2. The fraction of sp³-hybridized carbons (Fsp3) is 0.290. The highest BCUT2D eigenvalue weighted by Gasteiger charge is 2.51. The maximum atomic E-state index is 14.1. The number of hydrazone groups is 2. The van der Waals surface area contributed by atoms with Crippen molar-refractivity contribution in [1.82, 2.24) is 0 Å². The van der Waals surface area contributed by atoms with Gasteiger partial charge < -0.3 is 0 Å². The van der Waals surface area contributed by atoms with Crippen LogP contribution in [0.15, 0.2) is 89.1 Å². The first kappa shape index (κ1) is 24.6. The average Bonchev–Trinajstić information content (AvgIpc) is 3.43. The van der Waals surface area contributed by atoms with Gasteiger partial charge in [0.2, 0.25) is 0 Å². The summed E-state index contributed by atoms with van der Waals surface area (Å²) in [7, 11) is 0. The summed E-state index contributed by atoms with van der Waals surface area (Å²) in [5.41, 5.74) is 6.22. The van der Waals surface area contributed by atoms with E-state index in [-0.39, 0.29) is 11.8 Å². The van der Waals surface area contributed by atoms with E-state index < -0.39 is 17.8 Å². The lowest BCUT2D eigenvalue weighted by Gasteiger charge is -2.29. The lowest BCUT2D eigenvalue weighted by Crippen LogP contribution is -2.40. The lowest BCUT2D eigenvalue weighted by molar-refractivity contribution is -0.122. The Morgan fingerprint density at radius 2 is 1.05 bits per heavy atom. The molecule has 0 aliphatic carbocycles. The molecule has 5 rings (SSSR count). The van der Waals surface area contributed by atoms with Crippen LogP contribution in [0.4, 0.5) is 11.4 Å². The number of amides is 2. The summed E-state index contributed by atoms with van der Waals surface area (Å²) in [5.74, 6) is -1.74. The number of hydrogen-bond acceptors (Lipinski definition) is 4. The molecule has 6 nitrogen and oxygen atoms in total. The lowest BCUT2D eigenvalue weighted by atomic mass is 9.72. The summed E-state index contributed by atoms with van der Waals surface area (Å²) in [4.78, 5) is 28.1. The number of benzene rings is 3. The van der Waals surface area contributed by atoms with Crippen molar-refractivity contribution in [1.29, 1.82) is 0 Å². The van der Waals surface area contributed by atoms with Gasteiger partial charge in [0.15, 0.2) is 0 Å². The molecule has 0 N–H and O–H groups in total. The third-order valence-corrected chi connectivity index (χ3v) is 7.31. The van der Waals surface area contributed by atoms with Gasteiger partial charge in [-0.25, -0.2) is 10.0 Å².